The maximum absolute atomic E-state index is 12.7. The van der Waals surface area contributed by atoms with Crippen LogP contribution in [0.25, 0.3) is 20.7 Å². The van der Waals surface area contributed by atoms with Crippen LogP contribution in [0.15, 0.2) is 26.6 Å². The highest BCUT2D eigenvalue weighted by Gasteiger charge is 2.22. The molecule has 10 heteroatoms. The molecule has 1 saturated carbocycles. The highest BCUT2D eigenvalue weighted by molar-refractivity contribution is 8.00. The summed E-state index contributed by atoms with van der Waals surface area (Å²) in [6, 6.07) is 4.70. The molecule has 1 aliphatic rings. The molecule has 4 aromatic rings. The second-order valence-electron chi connectivity index (χ2n) is 6.33. The van der Waals surface area contributed by atoms with Crippen LogP contribution in [0, 0.1) is 6.92 Å². The molecule has 0 atom stereocenters. The van der Waals surface area contributed by atoms with E-state index >= 15 is 0 Å². The minimum absolute atomic E-state index is 0.0775. The lowest BCUT2D eigenvalue weighted by atomic mass is 10.2. The fraction of sp³-hybridized carbons (Fsp3) is 0.294. The van der Waals surface area contributed by atoms with Gasteiger partial charge in [0, 0.05) is 26.7 Å². The Balaban J connectivity index is 1.36. The molecule has 0 spiro atoms. The maximum Gasteiger partial charge on any atom is 0.260 e. The number of hydrogen-bond acceptors (Lipinski definition) is 9. The van der Waals surface area contributed by atoms with Gasteiger partial charge in [0.05, 0.1) is 11.1 Å². The van der Waals surface area contributed by atoms with Crippen LogP contribution >= 0.6 is 45.8 Å². The van der Waals surface area contributed by atoms with E-state index in [4.69, 9.17) is 0 Å². The zero-order valence-corrected chi connectivity index (χ0v) is 17.6. The molecule has 6 nitrogen and oxygen atoms in total. The number of hydrogen-bond donors (Lipinski definition) is 2. The lowest BCUT2D eigenvalue weighted by molar-refractivity contribution is 0.989. The van der Waals surface area contributed by atoms with Crippen molar-refractivity contribution in [2.24, 2.45) is 0 Å². The van der Waals surface area contributed by atoms with E-state index in [9.17, 15) is 4.79 Å². The third-order valence-corrected chi connectivity index (χ3v) is 8.05. The number of nitrogens with zero attached hydrogens (tertiary/aromatic N) is 3. The molecule has 0 bridgehead atoms. The normalized spacial score (nSPS) is 14.1. The summed E-state index contributed by atoms with van der Waals surface area (Å²) in [5.41, 5.74) is 0.896. The largest absolute Gasteiger partial charge is 0.357 e. The average molecular weight is 434 g/mol. The zero-order valence-electron chi connectivity index (χ0n) is 14.3. The molecule has 1 aliphatic carbocycles. The molecule has 0 amide bonds. The number of fused-ring (bicyclic) bond motifs is 1. The van der Waals surface area contributed by atoms with Crippen LogP contribution in [0.4, 0.5) is 5.13 Å². The first-order valence-electron chi connectivity index (χ1n) is 8.46. The average Bonchev–Trinajstić information content (AvgIpc) is 3.03. The van der Waals surface area contributed by atoms with E-state index < -0.39 is 0 Å². The van der Waals surface area contributed by atoms with Gasteiger partial charge < -0.3 is 10.3 Å². The fourth-order valence-electron chi connectivity index (χ4n) is 2.68. The molecule has 4 aromatic heterocycles. The van der Waals surface area contributed by atoms with E-state index in [2.05, 4.69) is 44.5 Å². The number of thiophene rings is 2. The Hall–Kier alpha value is -1.75. The Morgan fingerprint density at radius 3 is 2.96 bits per heavy atom. The Kier molecular flexibility index (Phi) is 4.50. The topological polar surface area (TPSA) is 83.6 Å². The van der Waals surface area contributed by atoms with E-state index in [1.165, 1.54) is 29.1 Å². The summed E-state index contributed by atoms with van der Waals surface area (Å²) < 4.78 is 0.877. The van der Waals surface area contributed by atoms with Gasteiger partial charge in [0.1, 0.15) is 10.7 Å². The molecular weight excluding hydrogens is 418 g/mol. The van der Waals surface area contributed by atoms with Crippen LogP contribution in [0.5, 0.6) is 0 Å². The van der Waals surface area contributed by atoms with Gasteiger partial charge in [-0.15, -0.1) is 32.9 Å². The quantitative estimate of drug-likeness (QED) is 0.427. The summed E-state index contributed by atoms with van der Waals surface area (Å²) in [6.07, 6.45) is 2.42. The van der Waals surface area contributed by atoms with Gasteiger partial charge in [-0.1, -0.05) is 23.1 Å². The third-order valence-electron chi connectivity index (χ3n) is 4.14. The van der Waals surface area contributed by atoms with E-state index in [1.807, 2.05) is 5.38 Å². The first-order chi connectivity index (χ1) is 13.2. The number of rotatable bonds is 6. The number of anilines is 1. The summed E-state index contributed by atoms with van der Waals surface area (Å²) in [6.45, 7) is 2.07. The van der Waals surface area contributed by atoms with Gasteiger partial charge in [0.25, 0.3) is 5.56 Å². The molecule has 0 radical (unpaired) electrons. The first kappa shape index (κ1) is 17.4. The van der Waals surface area contributed by atoms with E-state index in [1.54, 1.807) is 34.4 Å². The minimum atomic E-state index is -0.0775. The number of aromatic nitrogens is 4. The van der Waals surface area contributed by atoms with Crippen LogP contribution in [0.3, 0.4) is 0 Å². The second kappa shape index (κ2) is 7.01. The van der Waals surface area contributed by atoms with Gasteiger partial charge in [0.15, 0.2) is 4.34 Å². The molecule has 0 aliphatic heterocycles. The fourth-order valence-corrected chi connectivity index (χ4v) is 6.30. The summed E-state index contributed by atoms with van der Waals surface area (Å²) in [4.78, 5) is 23.4. The monoisotopic (exact) mass is 433 g/mol. The van der Waals surface area contributed by atoms with E-state index in [0.717, 1.165) is 24.7 Å². The molecule has 5 rings (SSSR count). The van der Waals surface area contributed by atoms with Gasteiger partial charge in [-0.05, 0) is 31.9 Å². The van der Waals surface area contributed by atoms with Crippen molar-refractivity contribution in [1.82, 2.24) is 20.2 Å². The SMILES string of the molecule is Cc1ccc(-c2csc3nc(CSc4nnc(NC5CC5)s4)[nH]c(=O)c23)s1. The van der Waals surface area contributed by atoms with Gasteiger partial charge >= 0.3 is 0 Å². The van der Waals surface area contributed by atoms with Crippen LogP contribution in [0.2, 0.25) is 0 Å². The number of aryl methyl sites for hydroxylation is 1. The van der Waals surface area contributed by atoms with Crippen molar-refractivity contribution >= 4 is 61.1 Å². The number of nitrogens with one attached hydrogen (secondary N) is 2. The first-order valence-corrected chi connectivity index (χ1v) is 12.0. The van der Waals surface area contributed by atoms with Gasteiger partial charge in [0.2, 0.25) is 5.13 Å². The van der Waals surface area contributed by atoms with Crippen LogP contribution in [-0.2, 0) is 5.75 Å². The van der Waals surface area contributed by atoms with Gasteiger partial charge in [-0.25, -0.2) is 4.98 Å². The van der Waals surface area contributed by atoms with Crippen molar-refractivity contribution in [2.45, 2.75) is 35.9 Å². The third kappa shape index (κ3) is 3.66. The highest BCUT2D eigenvalue weighted by Crippen LogP contribution is 2.35. The lowest BCUT2D eigenvalue weighted by Gasteiger charge is -2.00. The predicted molar refractivity (Wildman–Crippen MR) is 114 cm³/mol. The molecule has 0 unspecified atom stereocenters. The number of thioether (sulfide) groups is 1. The smallest absolute Gasteiger partial charge is 0.260 e. The van der Waals surface area contributed by atoms with Crippen LogP contribution in [0.1, 0.15) is 23.5 Å². The summed E-state index contributed by atoms with van der Waals surface area (Å²) in [7, 11) is 0. The molecule has 4 heterocycles. The Bertz CT molecular complexity index is 1170. The van der Waals surface area contributed by atoms with Crippen molar-refractivity contribution in [1.29, 1.82) is 0 Å². The van der Waals surface area contributed by atoms with Crippen molar-refractivity contribution < 1.29 is 0 Å². The second-order valence-corrected chi connectivity index (χ2v) is 10.7. The highest BCUT2D eigenvalue weighted by atomic mass is 32.2. The standard InChI is InChI=1S/C17H15N5OS4/c1-8-2-5-11(26-8)10-6-24-15-13(10)14(23)19-12(20-15)7-25-17-22-21-16(27-17)18-9-3-4-9/h2,5-6,9H,3-4,7H2,1H3,(H,18,21)(H,19,20,23). The minimum Gasteiger partial charge on any atom is -0.357 e. The van der Waals surface area contributed by atoms with E-state index in [-0.39, 0.29) is 5.56 Å². The van der Waals surface area contributed by atoms with Crippen molar-refractivity contribution in [3.05, 3.63) is 38.6 Å². The Labute approximate surface area is 171 Å². The van der Waals surface area contributed by atoms with Gasteiger partial charge in [-0.2, -0.15) is 0 Å². The Morgan fingerprint density at radius 2 is 2.19 bits per heavy atom. The Morgan fingerprint density at radius 1 is 1.30 bits per heavy atom. The van der Waals surface area contributed by atoms with Crippen molar-refractivity contribution in [2.75, 3.05) is 5.32 Å². The molecule has 138 valence electrons. The molecule has 2 N–H and O–H groups in total. The molecular formula is C17H15N5OS4. The van der Waals surface area contributed by atoms with E-state index in [0.29, 0.717) is 23.0 Å². The predicted octanol–water partition coefficient (Wildman–Crippen LogP) is 4.74. The maximum atomic E-state index is 12.7. The summed E-state index contributed by atoms with van der Waals surface area (Å²) in [5.74, 6) is 1.23. The summed E-state index contributed by atoms with van der Waals surface area (Å²) in [5, 5.41) is 15.3. The van der Waals surface area contributed by atoms with Crippen molar-refractivity contribution in [3.8, 4) is 10.4 Å². The van der Waals surface area contributed by atoms with Gasteiger partial charge in [-0.3, -0.25) is 4.79 Å². The van der Waals surface area contributed by atoms with Crippen LogP contribution in [-0.4, -0.2) is 26.2 Å². The lowest BCUT2D eigenvalue weighted by Crippen LogP contribution is -2.10. The summed E-state index contributed by atoms with van der Waals surface area (Å²) >= 11 is 6.30. The molecule has 0 saturated heterocycles. The van der Waals surface area contributed by atoms with Crippen LogP contribution < -0.4 is 10.9 Å². The number of H-pyrrole nitrogens is 1. The number of aromatic amines is 1. The zero-order chi connectivity index (χ0) is 18.4. The molecule has 0 aromatic carbocycles. The van der Waals surface area contributed by atoms with Crippen molar-refractivity contribution in [3.63, 3.8) is 0 Å². The molecule has 1 fully saturated rings. The molecule has 27 heavy (non-hydrogen) atoms.